The number of nitrogens with zero attached hydrogens (tertiary/aromatic N) is 2. The number of benzene rings is 2. The summed E-state index contributed by atoms with van der Waals surface area (Å²) in [5, 5.41) is 14.2. The number of halogens is 1. The van der Waals surface area contributed by atoms with Gasteiger partial charge in [-0.3, -0.25) is 19.7 Å². The van der Waals surface area contributed by atoms with Gasteiger partial charge in [-0.25, -0.2) is 4.98 Å². The molecule has 0 saturated heterocycles. The Morgan fingerprint density at radius 2 is 2.04 bits per heavy atom. The number of carbonyl (C=O) groups excluding carboxylic acids is 2. The number of amides is 1. The van der Waals surface area contributed by atoms with Crippen molar-refractivity contribution in [3.8, 4) is 5.75 Å². The first-order valence-electron chi connectivity index (χ1n) is 8.09. The van der Waals surface area contributed by atoms with E-state index in [0.717, 1.165) is 11.3 Å². The van der Waals surface area contributed by atoms with Gasteiger partial charge >= 0.3 is 0 Å². The van der Waals surface area contributed by atoms with Gasteiger partial charge in [-0.1, -0.05) is 22.9 Å². The van der Waals surface area contributed by atoms with Crippen LogP contribution in [0.5, 0.6) is 5.75 Å². The maximum atomic E-state index is 12.4. The van der Waals surface area contributed by atoms with Crippen molar-refractivity contribution in [2.45, 2.75) is 12.8 Å². The SMILES string of the molecule is COc1ccc(Cl)cc1C(=O)CCC(=O)Nc1nc2ccc([N+](=O)[O-])cc2s1. The van der Waals surface area contributed by atoms with Gasteiger partial charge in [0.15, 0.2) is 10.9 Å². The van der Waals surface area contributed by atoms with Crippen molar-refractivity contribution < 1.29 is 19.2 Å². The van der Waals surface area contributed by atoms with Crippen LogP contribution >= 0.6 is 22.9 Å². The summed E-state index contributed by atoms with van der Waals surface area (Å²) in [5.41, 5.74) is 0.816. The maximum Gasteiger partial charge on any atom is 0.270 e. The highest BCUT2D eigenvalue weighted by atomic mass is 35.5. The Balaban J connectivity index is 1.64. The quantitative estimate of drug-likeness (QED) is 0.343. The summed E-state index contributed by atoms with van der Waals surface area (Å²) in [6.45, 7) is 0. The van der Waals surface area contributed by atoms with Crippen LogP contribution in [0.15, 0.2) is 36.4 Å². The normalized spacial score (nSPS) is 10.6. The number of thiazole rings is 1. The molecular formula is C18H14ClN3O5S. The Kier molecular flexibility index (Phi) is 5.86. The summed E-state index contributed by atoms with van der Waals surface area (Å²) in [6.07, 6.45) is -0.0799. The highest BCUT2D eigenvalue weighted by molar-refractivity contribution is 7.22. The molecule has 3 aromatic rings. The lowest BCUT2D eigenvalue weighted by Gasteiger charge is -2.08. The Labute approximate surface area is 168 Å². The number of nitro benzene ring substituents is 1. The number of nitrogens with one attached hydrogen (secondary N) is 1. The van der Waals surface area contributed by atoms with Gasteiger partial charge in [0.1, 0.15) is 5.75 Å². The van der Waals surface area contributed by atoms with Crippen molar-refractivity contribution in [3.05, 3.63) is 57.1 Å². The first kappa shape index (κ1) is 19.7. The molecule has 1 N–H and O–H groups in total. The molecule has 0 fully saturated rings. The van der Waals surface area contributed by atoms with E-state index in [1.165, 1.54) is 31.4 Å². The molecule has 0 aliphatic heterocycles. The summed E-state index contributed by atoms with van der Waals surface area (Å²) in [5.74, 6) is -0.264. The third-order valence-corrected chi connectivity index (χ3v) is 5.04. The van der Waals surface area contributed by atoms with E-state index in [2.05, 4.69) is 10.3 Å². The number of rotatable bonds is 7. The van der Waals surface area contributed by atoms with Gasteiger partial charge in [0.25, 0.3) is 5.69 Å². The first-order valence-corrected chi connectivity index (χ1v) is 9.28. The molecule has 0 aliphatic carbocycles. The van der Waals surface area contributed by atoms with E-state index in [-0.39, 0.29) is 30.2 Å². The third kappa shape index (κ3) is 4.44. The van der Waals surface area contributed by atoms with E-state index in [9.17, 15) is 19.7 Å². The van der Waals surface area contributed by atoms with E-state index in [1.807, 2.05) is 0 Å². The van der Waals surface area contributed by atoms with Crippen molar-refractivity contribution >= 4 is 55.7 Å². The number of methoxy groups -OCH3 is 1. The van der Waals surface area contributed by atoms with E-state index in [1.54, 1.807) is 12.1 Å². The molecule has 0 saturated carbocycles. The average Bonchev–Trinajstić information content (AvgIpc) is 3.07. The van der Waals surface area contributed by atoms with Crippen molar-refractivity contribution in [1.82, 2.24) is 4.98 Å². The third-order valence-electron chi connectivity index (χ3n) is 3.87. The van der Waals surface area contributed by atoms with Crippen LogP contribution in [0.2, 0.25) is 5.02 Å². The highest BCUT2D eigenvalue weighted by Crippen LogP contribution is 2.29. The molecular weight excluding hydrogens is 406 g/mol. The van der Waals surface area contributed by atoms with Gasteiger partial charge < -0.3 is 10.1 Å². The fourth-order valence-electron chi connectivity index (χ4n) is 2.52. The Morgan fingerprint density at radius 3 is 2.75 bits per heavy atom. The molecule has 2 aromatic carbocycles. The summed E-state index contributed by atoms with van der Waals surface area (Å²) in [7, 11) is 1.45. The molecule has 3 rings (SSSR count). The molecule has 0 spiro atoms. The maximum absolute atomic E-state index is 12.4. The molecule has 1 amide bonds. The molecule has 28 heavy (non-hydrogen) atoms. The Hall–Kier alpha value is -3.04. The predicted molar refractivity (Wildman–Crippen MR) is 106 cm³/mol. The monoisotopic (exact) mass is 419 g/mol. The molecule has 1 aromatic heterocycles. The molecule has 10 heteroatoms. The molecule has 0 aliphatic rings. The average molecular weight is 420 g/mol. The summed E-state index contributed by atoms with van der Waals surface area (Å²) in [6, 6.07) is 8.98. The second kappa shape index (κ2) is 8.32. The van der Waals surface area contributed by atoms with Crippen LogP contribution in [-0.4, -0.2) is 28.7 Å². The number of ketones is 1. The number of carbonyl (C=O) groups is 2. The van der Waals surface area contributed by atoms with Gasteiger partial charge in [-0.2, -0.15) is 0 Å². The van der Waals surface area contributed by atoms with Crippen molar-refractivity contribution in [3.63, 3.8) is 0 Å². The van der Waals surface area contributed by atoms with Crippen LogP contribution in [-0.2, 0) is 4.79 Å². The number of hydrogen-bond acceptors (Lipinski definition) is 7. The zero-order valence-electron chi connectivity index (χ0n) is 14.6. The van der Waals surface area contributed by atoms with Crippen molar-refractivity contribution in [2.75, 3.05) is 12.4 Å². The number of nitro groups is 1. The smallest absolute Gasteiger partial charge is 0.270 e. The Bertz CT molecular complexity index is 1080. The number of hydrogen-bond donors (Lipinski definition) is 1. The van der Waals surface area contributed by atoms with E-state index < -0.39 is 4.92 Å². The van der Waals surface area contributed by atoms with Crippen LogP contribution < -0.4 is 10.1 Å². The number of ether oxygens (including phenoxy) is 1. The number of anilines is 1. The zero-order valence-corrected chi connectivity index (χ0v) is 16.2. The lowest BCUT2D eigenvalue weighted by molar-refractivity contribution is -0.384. The lowest BCUT2D eigenvalue weighted by atomic mass is 10.1. The minimum atomic E-state index is -0.493. The minimum absolute atomic E-state index is 0.0289. The summed E-state index contributed by atoms with van der Waals surface area (Å²) in [4.78, 5) is 39.1. The van der Waals surface area contributed by atoms with E-state index in [0.29, 0.717) is 31.7 Å². The van der Waals surface area contributed by atoms with Crippen LogP contribution in [0.1, 0.15) is 23.2 Å². The van der Waals surface area contributed by atoms with Gasteiger partial charge in [-0.15, -0.1) is 0 Å². The van der Waals surface area contributed by atoms with Crippen LogP contribution in [0.4, 0.5) is 10.8 Å². The number of fused-ring (bicyclic) bond motifs is 1. The Morgan fingerprint density at radius 1 is 1.25 bits per heavy atom. The van der Waals surface area contributed by atoms with Crippen molar-refractivity contribution in [2.24, 2.45) is 0 Å². The van der Waals surface area contributed by atoms with E-state index >= 15 is 0 Å². The van der Waals surface area contributed by atoms with Gasteiger partial charge in [-0.05, 0) is 24.3 Å². The molecule has 0 atom stereocenters. The van der Waals surface area contributed by atoms with Crippen molar-refractivity contribution in [1.29, 1.82) is 0 Å². The summed E-state index contributed by atoms with van der Waals surface area (Å²) < 4.78 is 5.74. The standard InChI is InChI=1S/C18H14ClN3O5S/c1-27-15-6-2-10(19)8-12(15)14(23)5-7-17(24)21-18-20-13-4-3-11(22(25)26)9-16(13)28-18/h2-4,6,8-9H,5,7H2,1H3,(H,20,21,24). The first-order chi connectivity index (χ1) is 13.4. The highest BCUT2D eigenvalue weighted by Gasteiger charge is 2.16. The summed E-state index contributed by atoms with van der Waals surface area (Å²) >= 11 is 7.05. The van der Waals surface area contributed by atoms with Crippen LogP contribution in [0.25, 0.3) is 10.2 Å². The largest absolute Gasteiger partial charge is 0.496 e. The number of Topliss-reactive ketones (excluding diaryl/α,β-unsaturated/α-hetero) is 1. The van der Waals surface area contributed by atoms with E-state index in [4.69, 9.17) is 16.3 Å². The van der Waals surface area contributed by atoms with Crippen LogP contribution in [0, 0.1) is 10.1 Å². The molecule has 0 unspecified atom stereocenters. The number of non-ortho nitro benzene ring substituents is 1. The van der Waals surface area contributed by atoms with Crippen LogP contribution in [0.3, 0.4) is 0 Å². The lowest BCUT2D eigenvalue weighted by Crippen LogP contribution is -2.13. The van der Waals surface area contributed by atoms with Gasteiger partial charge in [0.05, 0.1) is 27.8 Å². The van der Waals surface area contributed by atoms with Gasteiger partial charge in [0.2, 0.25) is 5.91 Å². The van der Waals surface area contributed by atoms with Gasteiger partial charge in [0, 0.05) is 30.0 Å². The zero-order chi connectivity index (χ0) is 20.3. The molecule has 144 valence electrons. The topological polar surface area (TPSA) is 111 Å². The molecule has 1 heterocycles. The number of aromatic nitrogens is 1. The second-order valence-corrected chi connectivity index (χ2v) is 7.21. The predicted octanol–water partition coefficient (Wildman–Crippen LogP) is 4.47. The second-order valence-electron chi connectivity index (χ2n) is 5.74. The fraction of sp³-hybridized carbons (Fsp3) is 0.167. The fourth-order valence-corrected chi connectivity index (χ4v) is 3.61. The molecule has 8 nitrogen and oxygen atoms in total. The molecule has 0 bridgehead atoms. The minimum Gasteiger partial charge on any atom is -0.496 e. The molecule has 0 radical (unpaired) electrons.